The van der Waals surface area contributed by atoms with Crippen molar-refractivity contribution in [2.24, 2.45) is 17.8 Å². The van der Waals surface area contributed by atoms with Crippen molar-refractivity contribution in [2.75, 3.05) is 5.75 Å². The Balaban J connectivity index is 1.31. The van der Waals surface area contributed by atoms with E-state index in [2.05, 4.69) is 17.2 Å². The zero-order valence-electron chi connectivity index (χ0n) is 13.6. The lowest BCUT2D eigenvalue weighted by molar-refractivity contribution is -0.119. The summed E-state index contributed by atoms with van der Waals surface area (Å²) in [4.78, 5) is 16.8. The van der Waals surface area contributed by atoms with E-state index in [1.165, 1.54) is 37.4 Å². The highest BCUT2D eigenvalue weighted by atomic mass is 35.5. The van der Waals surface area contributed by atoms with Crippen LogP contribution in [0.3, 0.4) is 0 Å². The minimum absolute atomic E-state index is 0.118. The highest BCUT2D eigenvalue weighted by Crippen LogP contribution is 2.49. The molecule has 128 valence electrons. The first-order valence-electron chi connectivity index (χ1n) is 8.57. The van der Waals surface area contributed by atoms with Crippen molar-refractivity contribution in [3.8, 4) is 0 Å². The smallest absolute Gasteiger partial charge is 0.230 e. The quantitative estimate of drug-likeness (QED) is 0.743. The number of aromatic nitrogens is 1. The number of thioether (sulfide) groups is 1. The molecule has 0 spiro atoms. The summed E-state index contributed by atoms with van der Waals surface area (Å²) in [7, 11) is 0. The van der Waals surface area contributed by atoms with Gasteiger partial charge in [0.05, 0.1) is 16.0 Å². The normalized spacial score (nSPS) is 26.8. The maximum Gasteiger partial charge on any atom is 0.230 e. The number of hydrogen-bond donors (Lipinski definition) is 1. The van der Waals surface area contributed by atoms with E-state index >= 15 is 0 Å². The summed E-state index contributed by atoms with van der Waals surface area (Å²) >= 11 is 9.12. The average molecular weight is 381 g/mol. The molecule has 1 amide bonds. The number of carbonyl (C=O) groups excluding carboxylic acids is 1. The molecule has 4 atom stereocenters. The van der Waals surface area contributed by atoms with E-state index in [0.29, 0.717) is 22.7 Å². The van der Waals surface area contributed by atoms with Gasteiger partial charge in [-0.15, -0.1) is 11.3 Å². The van der Waals surface area contributed by atoms with Gasteiger partial charge in [-0.05, 0) is 62.1 Å². The number of fused-ring (bicyclic) bond motifs is 3. The monoisotopic (exact) mass is 380 g/mol. The van der Waals surface area contributed by atoms with Crippen LogP contribution in [0.15, 0.2) is 22.5 Å². The third kappa shape index (κ3) is 3.44. The third-order valence-electron chi connectivity index (χ3n) is 5.48. The molecule has 2 fully saturated rings. The number of benzene rings is 1. The number of halogens is 1. The lowest BCUT2D eigenvalue weighted by Gasteiger charge is -2.28. The number of amides is 1. The molecule has 24 heavy (non-hydrogen) atoms. The second-order valence-electron chi connectivity index (χ2n) is 7.08. The standard InChI is InChI=1S/C18H21ClN2OS2/c1-10(14-7-11-2-3-12(14)6-11)20-17(22)9-23-18-21-15-8-13(19)4-5-16(15)24-18/h4-5,8,10-12,14H,2-3,6-7,9H2,1H3,(H,20,22). The van der Waals surface area contributed by atoms with Crippen LogP contribution in [0, 0.1) is 17.8 Å². The van der Waals surface area contributed by atoms with E-state index in [0.717, 1.165) is 26.4 Å². The number of carbonyl (C=O) groups is 1. The minimum Gasteiger partial charge on any atom is -0.353 e. The second kappa shape index (κ2) is 6.85. The highest BCUT2D eigenvalue weighted by Gasteiger charge is 2.42. The molecular weight excluding hydrogens is 360 g/mol. The van der Waals surface area contributed by atoms with E-state index in [1.807, 2.05) is 18.2 Å². The van der Waals surface area contributed by atoms with E-state index < -0.39 is 0 Å². The molecule has 1 aromatic carbocycles. The molecule has 0 aliphatic heterocycles. The predicted molar refractivity (Wildman–Crippen MR) is 102 cm³/mol. The van der Waals surface area contributed by atoms with Gasteiger partial charge in [-0.25, -0.2) is 4.98 Å². The lowest BCUT2D eigenvalue weighted by Crippen LogP contribution is -2.40. The summed E-state index contributed by atoms with van der Waals surface area (Å²) < 4.78 is 2.03. The van der Waals surface area contributed by atoms with Crippen LogP contribution in [0.5, 0.6) is 0 Å². The Kier molecular flexibility index (Phi) is 4.76. The Hall–Kier alpha value is -0.780. The third-order valence-corrected chi connectivity index (χ3v) is 7.89. The fraction of sp³-hybridized carbons (Fsp3) is 0.556. The second-order valence-corrected chi connectivity index (χ2v) is 9.76. The summed E-state index contributed by atoms with van der Waals surface area (Å²) in [5.74, 6) is 2.99. The van der Waals surface area contributed by atoms with Crippen LogP contribution >= 0.6 is 34.7 Å². The predicted octanol–water partition coefficient (Wildman–Crippen LogP) is 4.98. The van der Waals surface area contributed by atoms with Gasteiger partial charge in [0.2, 0.25) is 5.91 Å². The van der Waals surface area contributed by atoms with Crippen LogP contribution in [0.25, 0.3) is 10.2 Å². The van der Waals surface area contributed by atoms with Gasteiger partial charge in [0.25, 0.3) is 0 Å². The van der Waals surface area contributed by atoms with E-state index in [1.54, 1.807) is 11.3 Å². The molecule has 4 rings (SSSR count). The molecule has 1 aromatic heterocycles. The summed E-state index contributed by atoms with van der Waals surface area (Å²) in [6.45, 7) is 2.17. The summed E-state index contributed by atoms with van der Waals surface area (Å²) in [5, 5.41) is 3.91. The average Bonchev–Trinajstić information content (AvgIpc) is 3.27. The zero-order chi connectivity index (χ0) is 16.7. The molecule has 0 saturated heterocycles. The van der Waals surface area contributed by atoms with E-state index in [4.69, 9.17) is 11.6 Å². The highest BCUT2D eigenvalue weighted by molar-refractivity contribution is 8.01. The SMILES string of the molecule is CC(NC(=O)CSc1nc2cc(Cl)ccc2s1)C1CC2CCC1C2. The number of nitrogens with zero attached hydrogens (tertiary/aromatic N) is 1. The molecule has 1 heterocycles. The molecule has 2 aliphatic rings. The molecule has 2 saturated carbocycles. The molecule has 2 aliphatic carbocycles. The van der Waals surface area contributed by atoms with Crippen molar-refractivity contribution in [3.05, 3.63) is 23.2 Å². The zero-order valence-corrected chi connectivity index (χ0v) is 16.0. The van der Waals surface area contributed by atoms with Crippen molar-refractivity contribution in [1.82, 2.24) is 10.3 Å². The van der Waals surface area contributed by atoms with Gasteiger partial charge >= 0.3 is 0 Å². The summed E-state index contributed by atoms with van der Waals surface area (Å²) in [5.41, 5.74) is 0.908. The molecule has 6 heteroatoms. The number of thiazole rings is 1. The topological polar surface area (TPSA) is 42.0 Å². The van der Waals surface area contributed by atoms with Crippen molar-refractivity contribution in [2.45, 2.75) is 43.0 Å². The van der Waals surface area contributed by atoms with Gasteiger partial charge in [-0.2, -0.15) is 0 Å². The van der Waals surface area contributed by atoms with Crippen LogP contribution in [0.4, 0.5) is 0 Å². The van der Waals surface area contributed by atoms with Gasteiger partial charge in [0.15, 0.2) is 4.34 Å². The van der Waals surface area contributed by atoms with Gasteiger partial charge in [0.1, 0.15) is 0 Å². The Labute approximate surface area is 155 Å². The first kappa shape index (κ1) is 16.7. The van der Waals surface area contributed by atoms with Crippen LogP contribution < -0.4 is 5.32 Å². The number of rotatable bonds is 5. The van der Waals surface area contributed by atoms with Crippen LogP contribution in [-0.4, -0.2) is 22.7 Å². The summed E-state index contributed by atoms with van der Waals surface area (Å²) in [6.07, 6.45) is 5.45. The van der Waals surface area contributed by atoms with Crippen molar-refractivity contribution in [1.29, 1.82) is 0 Å². The fourth-order valence-electron chi connectivity index (χ4n) is 4.38. The molecule has 3 nitrogen and oxygen atoms in total. The fourth-order valence-corrected chi connectivity index (χ4v) is 6.40. The Morgan fingerprint density at radius 3 is 3.08 bits per heavy atom. The molecule has 2 aromatic rings. The largest absolute Gasteiger partial charge is 0.353 e. The van der Waals surface area contributed by atoms with Crippen LogP contribution in [0.2, 0.25) is 5.02 Å². The molecule has 2 bridgehead atoms. The molecule has 4 unspecified atom stereocenters. The summed E-state index contributed by atoms with van der Waals surface area (Å²) in [6, 6.07) is 6.02. The Morgan fingerprint density at radius 2 is 2.33 bits per heavy atom. The van der Waals surface area contributed by atoms with E-state index in [9.17, 15) is 4.79 Å². The molecular formula is C18H21ClN2OS2. The number of hydrogen-bond acceptors (Lipinski definition) is 4. The van der Waals surface area contributed by atoms with Crippen molar-refractivity contribution >= 4 is 50.8 Å². The first-order valence-corrected chi connectivity index (χ1v) is 10.7. The van der Waals surface area contributed by atoms with Gasteiger partial charge < -0.3 is 5.32 Å². The molecule has 1 N–H and O–H groups in total. The first-order chi connectivity index (χ1) is 11.6. The van der Waals surface area contributed by atoms with Gasteiger partial charge in [0, 0.05) is 11.1 Å². The van der Waals surface area contributed by atoms with E-state index in [-0.39, 0.29) is 5.91 Å². The van der Waals surface area contributed by atoms with Crippen molar-refractivity contribution in [3.63, 3.8) is 0 Å². The van der Waals surface area contributed by atoms with Crippen LogP contribution in [-0.2, 0) is 4.79 Å². The minimum atomic E-state index is 0.118. The Bertz CT molecular complexity index is 763. The van der Waals surface area contributed by atoms with Crippen LogP contribution in [0.1, 0.15) is 32.6 Å². The van der Waals surface area contributed by atoms with Crippen molar-refractivity contribution < 1.29 is 4.79 Å². The Morgan fingerprint density at radius 1 is 1.46 bits per heavy atom. The molecule has 0 radical (unpaired) electrons. The van der Waals surface area contributed by atoms with Gasteiger partial charge in [-0.1, -0.05) is 29.8 Å². The van der Waals surface area contributed by atoms with Gasteiger partial charge in [-0.3, -0.25) is 4.79 Å². The maximum absolute atomic E-state index is 12.3. The lowest BCUT2D eigenvalue weighted by atomic mass is 9.84. The maximum atomic E-state index is 12.3. The number of nitrogens with one attached hydrogen (secondary N) is 1.